The number of hydrogen-bond acceptors (Lipinski definition) is 4. The van der Waals surface area contributed by atoms with Crippen LogP contribution >= 0.6 is 0 Å². The van der Waals surface area contributed by atoms with Crippen molar-refractivity contribution in [1.82, 2.24) is 15.3 Å². The van der Waals surface area contributed by atoms with E-state index in [4.69, 9.17) is 0 Å². The molecule has 0 spiro atoms. The summed E-state index contributed by atoms with van der Waals surface area (Å²) in [5.41, 5.74) is -0.00860. The van der Waals surface area contributed by atoms with Gasteiger partial charge in [0, 0.05) is 25.1 Å². The highest BCUT2D eigenvalue weighted by molar-refractivity contribution is 5.38. The first-order valence-electron chi connectivity index (χ1n) is 7.83. The molecule has 1 unspecified atom stereocenters. The molecule has 2 aliphatic rings. The number of nitrogens with zero attached hydrogens (tertiary/aromatic N) is 2. The predicted molar refractivity (Wildman–Crippen MR) is 80.3 cm³/mol. The molecule has 1 aliphatic heterocycles. The Morgan fingerprint density at radius 2 is 2.30 bits per heavy atom. The van der Waals surface area contributed by atoms with E-state index in [1.165, 1.54) is 12.8 Å². The summed E-state index contributed by atoms with van der Waals surface area (Å²) in [5.74, 6) is 2.91. The molecule has 1 atom stereocenters. The van der Waals surface area contributed by atoms with E-state index in [0.29, 0.717) is 11.8 Å². The van der Waals surface area contributed by atoms with E-state index < -0.39 is 0 Å². The fraction of sp³-hybridized carbons (Fsp3) is 0.733. The van der Waals surface area contributed by atoms with E-state index in [-0.39, 0.29) is 5.56 Å². The van der Waals surface area contributed by atoms with E-state index in [9.17, 15) is 4.79 Å². The molecule has 0 amide bonds. The highest BCUT2D eigenvalue weighted by Gasteiger charge is 2.28. The summed E-state index contributed by atoms with van der Waals surface area (Å²) in [7, 11) is 0. The van der Waals surface area contributed by atoms with E-state index in [2.05, 4.69) is 27.1 Å². The summed E-state index contributed by atoms with van der Waals surface area (Å²) < 4.78 is 0. The Balaban J connectivity index is 1.72. The second kappa shape index (κ2) is 5.95. The van der Waals surface area contributed by atoms with Crippen molar-refractivity contribution in [2.45, 2.75) is 38.5 Å². The average molecular weight is 276 g/mol. The second-order valence-electron chi connectivity index (χ2n) is 6.03. The highest BCUT2D eigenvalue weighted by Crippen LogP contribution is 2.38. The van der Waals surface area contributed by atoms with Crippen molar-refractivity contribution in [3.8, 4) is 0 Å². The number of piperidine rings is 1. The molecule has 2 fully saturated rings. The summed E-state index contributed by atoms with van der Waals surface area (Å²) in [6.07, 6.45) is 4.77. The average Bonchev–Trinajstić information content (AvgIpc) is 3.29. The minimum Gasteiger partial charge on any atom is -0.356 e. The molecule has 5 heteroatoms. The zero-order chi connectivity index (χ0) is 13.9. The molecule has 5 nitrogen and oxygen atoms in total. The van der Waals surface area contributed by atoms with Crippen LogP contribution in [0.1, 0.15) is 44.3 Å². The Bertz CT molecular complexity index is 509. The highest BCUT2D eigenvalue weighted by atomic mass is 16.1. The third-order valence-electron chi connectivity index (χ3n) is 4.24. The summed E-state index contributed by atoms with van der Waals surface area (Å²) in [4.78, 5) is 21.7. The van der Waals surface area contributed by atoms with Crippen molar-refractivity contribution in [3.63, 3.8) is 0 Å². The maximum Gasteiger partial charge on any atom is 0.252 e. The number of aromatic nitrogens is 2. The molecule has 1 aromatic heterocycles. The molecule has 0 aromatic carbocycles. The van der Waals surface area contributed by atoms with Crippen LogP contribution in [0.4, 0.5) is 5.82 Å². The quantitative estimate of drug-likeness (QED) is 0.855. The number of rotatable bonds is 5. The van der Waals surface area contributed by atoms with Gasteiger partial charge in [0.05, 0.1) is 0 Å². The van der Waals surface area contributed by atoms with E-state index in [1.54, 1.807) is 6.07 Å². The van der Waals surface area contributed by atoms with Crippen LogP contribution in [0.2, 0.25) is 0 Å². The van der Waals surface area contributed by atoms with Crippen LogP contribution in [-0.2, 0) is 0 Å². The van der Waals surface area contributed by atoms with Gasteiger partial charge in [-0.25, -0.2) is 4.98 Å². The van der Waals surface area contributed by atoms with Gasteiger partial charge >= 0.3 is 0 Å². The third kappa shape index (κ3) is 3.20. The molecular formula is C15H24N4O. The fourth-order valence-electron chi connectivity index (χ4n) is 2.96. The molecule has 2 heterocycles. The van der Waals surface area contributed by atoms with Crippen molar-refractivity contribution < 1.29 is 0 Å². The number of anilines is 1. The third-order valence-corrected chi connectivity index (χ3v) is 4.24. The van der Waals surface area contributed by atoms with Crippen LogP contribution in [0.25, 0.3) is 0 Å². The van der Waals surface area contributed by atoms with Gasteiger partial charge in [-0.05, 0) is 44.7 Å². The fourth-order valence-corrected chi connectivity index (χ4v) is 2.96. The van der Waals surface area contributed by atoms with Crippen molar-refractivity contribution in [1.29, 1.82) is 0 Å². The van der Waals surface area contributed by atoms with Crippen LogP contribution in [0.15, 0.2) is 10.9 Å². The largest absolute Gasteiger partial charge is 0.356 e. The lowest BCUT2D eigenvalue weighted by Crippen LogP contribution is -2.40. The molecule has 1 aromatic rings. The van der Waals surface area contributed by atoms with Gasteiger partial charge in [0.1, 0.15) is 11.6 Å². The van der Waals surface area contributed by atoms with Crippen molar-refractivity contribution >= 4 is 5.82 Å². The van der Waals surface area contributed by atoms with Gasteiger partial charge in [-0.2, -0.15) is 0 Å². The van der Waals surface area contributed by atoms with Gasteiger partial charge in [0.25, 0.3) is 5.56 Å². The molecule has 0 bridgehead atoms. The minimum atomic E-state index is -0.00860. The lowest BCUT2D eigenvalue weighted by atomic mass is 9.98. The first-order valence-corrected chi connectivity index (χ1v) is 7.83. The standard InChI is InChI=1S/C15H24N4O/c1-2-16-9-11-4-3-7-19(10-11)13-8-14(20)18-15(17-13)12-5-6-12/h8,11-12,16H,2-7,9-10H2,1H3,(H,17,18,20). The van der Waals surface area contributed by atoms with E-state index in [0.717, 1.165) is 50.7 Å². The first-order chi connectivity index (χ1) is 9.76. The number of H-pyrrole nitrogens is 1. The lowest BCUT2D eigenvalue weighted by molar-refractivity contribution is 0.394. The van der Waals surface area contributed by atoms with Crippen molar-refractivity contribution in [3.05, 3.63) is 22.2 Å². The van der Waals surface area contributed by atoms with Gasteiger partial charge in [-0.1, -0.05) is 6.92 Å². The Morgan fingerprint density at radius 1 is 1.45 bits per heavy atom. The maximum atomic E-state index is 11.8. The SMILES string of the molecule is CCNCC1CCCN(c2cc(=O)[nH]c(C3CC3)n2)C1. The summed E-state index contributed by atoms with van der Waals surface area (Å²) in [5, 5.41) is 3.43. The Kier molecular flexibility index (Phi) is 4.05. The van der Waals surface area contributed by atoms with Gasteiger partial charge in [0.15, 0.2) is 0 Å². The molecule has 0 radical (unpaired) electrons. The lowest BCUT2D eigenvalue weighted by Gasteiger charge is -2.33. The van der Waals surface area contributed by atoms with Crippen LogP contribution in [-0.4, -0.2) is 36.1 Å². The van der Waals surface area contributed by atoms with E-state index >= 15 is 0 Å². The van der Waals surface area contributed by atoms with Crippen molar-refractivity contribution in [2.24, 2.45) is 5.92 Å². The number of aromatic amines is 1. The first kappa shape index (κ1) is 13.6. The van der Waals surface area contributed by atoms with Crippen LogP contribution in [0.3, 0.4) is 0 Å². The molecule has 3 rings (SSSR count). The van der Waals surface area contributed by atoms with Gasteiger partial charge in [-0.15, -0.1) is 0 Å². The second-order valence-corrected chi connectivity index (χ2v) is 6.03. The smallest absolute Gasteiger partial charge is 0.252 e. The number of hydrogen-bond donors (Lipinski definition) is 2. The number of nitrogens with one attached hydrogen (secondary N) is 2. The molecule has 1 aliphatic carbocycles. The van der Waals surface area contributed by atoms with Gasteiger partial charge in [0.2, 0.25) is 0 Å². The molecular weight excluding hydrogens is 252 g/mol. The summed E-state index contributed by atoms with van der Waals surface area (Å²) in [6.45, 7) is 6.24. The Labute approximate surface area is 119 Å². The summed E-state index contributed by atoms with van der Waals surface area (Å²) >= 11 is 0. The topological polar surface area (TPSA) is 61.0 Å². The predicted octanol–water partition coefficient (Wildman–Crippen LogP) is 1.47. The maximum absolute atomic E-state index is 11.8. The molecule has 110 valence electrons. The zero-order valence-corrected chi connectivity index (χ0v) is 12.2. The zero-order valence-electron chi connectivity index (χ0n) is 12.2. The van der Waals surface area contributed by atoms with E-state index in [1.807, 2.05) is 0 Å². The molecule has 1 saturated carbocycles. The molecule has 20 heavy (non-hydrogen) atoms. The van der Waals surface area contributed by atoms with Crippen LogP contribution in [0, 0.1) is 5.92 Å². The van der Waals surface area contributed by atoms with Gasteiger partial charge in [-0.3, -0.25) is 4.79 Å². The van der Waals surface area contributed by atoms with Gasteiger partial charge < -0.3 is 15.2 Å². The minimum absolute atomic E-state index is 0.00860. The normalized spacial score (nSPS) is 23.1. The molecule has 1 saturated heterocycles. The molecule has 2 N–H and O–H groups in total. The Morgan fingerprint density at radius 3 is 3.05 bits per heavy atom. The monoisotopic (exact) mass is 276 g/mol. The van der Waals surface area contributed by atoms with Crippen LogP contribution in [0.5, 0.6) is 0 Å². The van der Waals surface area contributed by atoms with Crippen LogP contribution < -0.4 is 15.8 Å². The Hall–Kier alpha value is -1.36. The van der Waals surface area contributed by atoms with Crippen molar-refractivity contribution in [2.75, 3.05) is 31.1 Å². The summed E-state index contributed by atoms with van der Waals surface area (Å²) in [6, 6.07) is 1.65.